The van der Waals surface area contributed by atoms with Gasteiger partial charge in [0.15, 0.2) is 0 Å². The fourth-order valence-corrected chi connectivity index (χ4v) is 3.50. The molecule has 140 valence electrons. The van der Waals surface area contributed by atoms with E-state index in [0.29, 0.717) is 26.1 Å². The van der Waals surface area contributed by atoms with Crippen molar-refractivity contribution in [3.8, 4) is 0 Å². The molecule has 2 aromatic rings. The van der Waals surface area contributed by atoms with Crippen molar-refractivity contribution in [3.05, 3.63) is 48.3 Å². The normalized spacial score (nSPS) is 20.1. The maximum absolute atomic E-state index is 12.5. The second kappa shape index (κ2) is 8.42. The van der Waals surface area contributed by atoms with Gasteiger partial charge in [-0.25, -0.2) is 4.98 Å². The summed E-state index contributed by atoms with van der Waals surface area (Å²) in [5, 5.41) is 10.4. The van der Waals surface area contributed by atoms with Crippen molar-refractivity contribution < 1.29 is 9.90 Å². The first kappa shape index (κ1) is 18.5. The molecule has 2 aromatic heterocycles. The molecule has 3 heterocycles. The molecule has 2 atom stereocenters. The van der Waals surface area contributed by atoms with Gasteiger partial charge in [-0.3, -0.25) is 14.7 Å². The Morgan fingerprint density at radius 2 is 2.23 bits per heavy atom. The Kier molecular flexibility index (Phi) is 6.00. The lowest BCUT2D eigenvalue weighted by molar-refractivity contribution is -0.130. The first-order valence-electron chi connectivity index (χ1n) is 9.07. The topological polar surface area (TPSA) is 74.5 Å². The molecule has 1 fully saturated rings. The highest BCUT2D eigenvalue weighted by Gasteiger charge is 2.36. The number of aliphatic hydroxyl groups is 1. The number of carbonyl (C=O) groups excluding carboxylic acids is 1. The fraction of sp³-hybridized carbons (Fsp3) is 0.526. The van der Waals surface area contributed by atoms with E-state index in [1.165, 1.54) is 0 Å². The average Bonchev–Trinajstić information content (AvgIpc) is 3.21. The number of likely N-dealkylation sites (N-methyl/N-ethyl adjacent to an activating group) is 1. The molecule has 7 nitrogen and oxygen atoms in total. The Bertz CT molecular complexity index is 718. The molecular weight excluding hydrogens is 330 g/mol. The second-order valence-corrected chi connectivity index (χ2v) is 6.98. The number of likely N-dealkylation sites (tertiary alicyclic amines) is 1. The largest absolute Gasteiger partial charge is 0.390 e. The first-order chi connectivity index (χ1) is 12.5. The Morgan fingerprint density at radius 1 is 1.38 bits per heavy atom. The van der Waals surface area contributed by atoms with E-state index in [9.17, 15) is 9.90 Å². The Morgan fingerprint density at radius 3 is 2.92 bits per heavy atom. The van der Waals surface area contributed by atoms with E-state index in [-0.39, 0.29) is 11.9 Å². The fourth-order valence-electron chi connectivity index (χ4n) is 3.50. The molecule has 1 saturated heterocycles. The summed E-state index contributed by atoms with van der Waals surface area (Å²) in [4.78, 5) is 24.7. The first-order valence-corrected chi connectivity index (χ1v) is 9.07. The number of aromatic nitrogens is 3. The number of rotatable bonds is 7. The van der Waals surface area contributed by atoms with Crippen molar-refractivity contribution in [1.82, 2.24) is 24.3 Å². The number of hydrogen-bond acceptors (Lipinski definition) is 5. The van der Waals surface area contributed by atoms with Crippen LogP contribution >= 0.6 is 0 Å². The molecular formula is C19H27N5O2. The number of amides is 1. The molecule has 0 bridgehead atoms. The van der Waals surface area contributed by atoms with Crippen molar-refractivity contribution in [2.24, 2.45) is 0 Å². The van der Waals surface area contributed by atoms with Crippen LogP contribution in [0.3, 0.4) is 0 Å². The van der Waals surface area contributed by atoms with Crippen LogP contribution in [-0.2, 0) is 17.9 Å². The number of hydrogen-bond donors (Lipinski definition) is 1. The van der Waals surface area contributed by atoms with Crippen molar-refractivity contribution in [1.29, 1.82) is 0 Å². The molecule has 0 saturated carbocycles. The van der Waals surface area contributed by atoms with E-state index < -0.39 is 6.10 Å². The van der Waals surface area contributed by atoms with Crippen LogP contribution in [0.1, 0.15) is 24.2 Å². The minimum atomic E-state index is -0.517. The van der Waals surface area contributed by atoms with Crippen LogP contribution in [0.4, 0.5) is 0 Å². The number of aryl methyl sites for hydroxylation is 2. The lowest BCUT2D eigenvalue weighted by atomic mass is 10.1. The smallest absolute Gasteiger partial charge is 0.222 e. The molecule has 1 amide bonds. The summed E-state index contributed by atoms with van der Waals surface area (Å²) >= 11 is 0. The van der Waals surface area contributed by atoms with E-state index in [1.807, 2.05) is 38.5 Å². The second-order valence-electron chi connectivity index (χ2n) is 6.98. The van der Waals surface area contributed by atoms with Crippen LogP contribution in [0.15, 0.2) is 36.9 Å². The van der Waals surface area contributed by atoms with Crippen molar-refractivity contribution in [2.45, 2.75) is 45.0 Å². The van der Waals surface area contributed by atoms with Gasteiger partial charge in [0.25, 0.3) is 0 Å². The van der Waals surface area contributed by atoms with Crippen LogP contribution in [-0.4, -0.2) is 67.6 Å². The molecule has 0 aliphatic carbocycles. The summed E-state index contributed by atoms with van der Waals surface area (Å²) in [6.45, 7) is 4.43. The zero-order valence-corrected chi connectivity index (χ0v) is 15.5. The maximum Gasteiger partial charge on any atom is 0.222 e. The van der Waals surface area contributed by atoms with Crippen molar-refractivity contribution in [2.75, 3.05) is 20.1 Å². The third kappa shape index (κ3) is 4.47. The van der Waals surface area contributed by atoms with Gasteiger partial charge >= 0.3 is 0 Å². The molecule has 0 spiro atoms. The van der Waals surface area contributed by atoms with E-state index in [0.717, 1.165) is 24.4 Å². The highest BCUT2D eigenvalue weighted by Crippen LogP contribution is 2.18. The molecule has 0 radical (unpaired) electrons. The quantitative estimate of drug-likeness (QED) is 0.802. The average molecular weight is 357 g/mol. The molecule has 7 heteroatoms. The SMILES string of the molecule is Cc1nccn1CCCC(=O)N1C[C@H](O)[C@@H](N(C)Cc2cccnc2)C1. The van der Waals surface area contributed by atoms with E-state index in [4.69, 9.17) is 0 Å². The molecule has 0 unspecified atom stereocenters. The molecule has 1 aliphatic heterocycles. The summed E-state index contributed by atoms with van der Waals surface area (Å²) in [6, 6.07) is 3.88. The Hall–Kier alpha value is -2.25. The zero-order valence-electron chi connectivity index (χ0n) is 15.5. The number of β-amino-alcohol motifs (C(OH)–C–C–N with tert-alkyl or cyclic N) is 1. The van der Waals surface area contributed by atoms with Gasteiger partial charge in [-0.1, -0.05) is 6.07 Å². The van der Waals surface area contributed by atoms with Crippen LogP contribution < -0.4 is 0 Å². The highest BCUT2D eigenvalue weighted by atomic mass is 16.3. The van der Waals surface area contributed by atoms with Crippen LogP contribution in [0.2, 0.25) is 0 Å². The number of nitrogens with zero attached hydrogens (tertiary/aromatic N) is 5. The molecule has 0 aromatic carbocycles. The van der Waals surface area contributed by atoms with Gasteiger partial charge in [0.1, 0.15) is 5.82 Å². The van der Waals surface area contributed by atoms with Crippen LogP contribution in [0.5, 0.6) is 0 Å². The van der Waals surface area contributed by atoms with Crippen molar-refractivity contribution in [3.63, 3.8) is 0 Å². The molecule has 1 N–H and O–H groups in total. The number of pyridine rings is 1. The van der Waals surface area contributed by atoms with Gasteiger partial charge in [-0.2, -0.15) is 0 Å². The van der Waals surface area contributed by atoms with E-state index in [1.54, 1.807) is 17.3 Å². The zero-order chi connectivity index (χ0) is 18.5. The molecule has 3 rings (SSSR count). The Labute approximate surface area is 154 Å². The van der Waals surface area contributed by atoms with Crippen molar-refractivity contribution >= 4 is 5.91 Å². The molecule has 1 aliphatic rings. The summed E-state index contributed by atoms with van der Waals surface area (Å²) in [5.74, 6) is 1.07. The number of imidazole rings is 1. The minimum Gasteiger partial charge on any atom is -0.390 e. The van der Waals surface area contributed by atoms with E-state index in [2.05, 4.69) is 19.4 Å². The van der Waals surface area contributed by atoms with Gasteiger partial charge in [0.2, 0.25) is 5.91 Å². The minimum absolute atomic E-state index is 0.0463. The van der Waals surface area contributed by atoms with Gasteiger partial charge in [0, 0.05) is 57.4 Å². The van der Waals surface area contributed by atoms with E-state index >= 15 is 0 Å². The standard InChI is InChI=1S/C19H27N5O2/c1-15-21-8-10-23(15)9-4-6-19(26)24-13-17(18(25)14-24)22(2)12-16-5-3-7-20-11-16/h3,5,7-8,10-11,17-18,25H,4,6,9,12-14H2,1-2H3/t17-,18-/m0/s1. The van der Waals surface area contributed by atoms with Gasteiger partial charge in [-0.05, 0) is 32.0 Å². The van der Waals surface area contributed by atoms with Crippen LogP contribution in [0, 0.1) is 6.92 Å². The lowest BCUT2D eigenvalue weighted by Gasteiger charge is -2.26. The Balaban J connectivity index is 1.47. The molecule has 26 heavy (non-hydrogen) atoms. The number of aliphatic hydroxyl groups excluding tert-OH is 1. The van der Waals surface area contributed by atoms with Crippen LogP contribution in [0.25, 0.3) is 0 Å². The summed E-state index contributed by atoms with van der Waals surface area (Å²) in [6.07, 6.45) is 8.04. The summed E-state index contributed by atoms with van der Waals surface area (Å²) < 4.78 is 2.05. The predicted molar refractivity (Wildman–Crippen MR) is 98.3 cm³/mol. The van der Waals surface area contributed by atoms with Gasteiger partial charge in [-0.15, -0.1) is 0 Å². The third-order valence-corrected chi connectivity index (χ3v) is 5.05. The monoisotopic (exact) mass is 357 g/mol. The highest BCUT2D eigenvalue weighted by molar-refractivity contribution is 5.76. The maximum atomic E-state index is 12.5. The number of carbonyl (C=O) groups is 1. The summed E-state index contributed by atoms with van der Waals surface area (Å²) in [7, 11) is 1.98. The summed E-state index contributed by atoms with van der Waals surface area (Å²) in [5.41, 5.74) is 1.10. The van der Waals surface area contributed by atoms with Gasteiger partial charge in [0.05, 0.1) is 12.1 Å². The predicted octanol–water partition coefficient (Wildman–Crippen LogP) is 1.07. The van der Waals surface area contributed by atoms with Gasteiger partial charge < -0.3 is 14.6 Å². The lowest BCUT2D eigenvalue weighted by Crippen LogP contribution is -2.40. The third-order valence-electron chi connectivity index (χ3n) is 5.05.